The van der Waals surface area contributed by atoms with Gasteiger partial charge in [-0.3, -0.25) is 9.66 Å². The monoisotopic (exact) mass is 175 g/mol. The van der Waals surface area contributed by atoms with E-state index >= 15 is 0 Å². The molecule has 68 valence electrons. The summed E-state index contributed by atoms with van der Waals surface area (Å²) in [5, 5.41) is 1.20. The molecule has 0 aliphatic heterocycles. The molecule has 0 saturated carbocycles. The maximum absolute atomic E-state index is 5.79. The van der Waals surface area contributed by atoms with Crippen LogP contribution in [-0.2, 0) is 0 Å². The first kappa shape index (κ1) is 8.10. The molecule has 0 fully saturated rings. The van der Waals surface area contributed by atoms with Crippen LogP contribution in [0.15, 0.2) is 24.7 Å². The minimum Gasteiger partial charge on any atom is -0.339 e. The van der Waals surface area contributed by atoms with Gasteiger partial charge in [0.2, 0.25) is 0 Å². The largest absolute Gasteiger partial charge is 0.339 e. The molecule has 0 bridgehead atoms. The fourth-order valence-corrected chi connectivity index (χ4v) is 1.58. The molecule has 0 radical (unpaired) electrons. The first-order valence-corrected chi connectivity index (χ1v) is 4.40. The third kappa shape index (κ3) is 1.16. The van der Waals surface area contributed by atoms with Gasteiger partial charge in [0.15, 0.2) is 0 Å². The van der Waals surface area contributed by atoms with E-state index in [-0.39, 0.29) is 0 Å². The molecule has 0 atom stereocenters. The lowest BCUT2D eigenvalue weighted by Crippen LogP contribution is -2.05. The number of pyridine rings is 1. The van der Waals surface area contributed by atoms with Gasteiger partial charge in [0.25, 0.3) is 0 Å². The number of aromatic nitrogens is 2. The van der Waals surface area contributed by atoms with E-state index in [0.717, 1.165) is 5.52 Å². The van der Waals surface area contributed by atoms with E-state index in [9.17, 15) is 0 Å². The Kier molecular flexibility index (Phi) is 1.72. The van der Waals surface area contributed by atoms with E-state index in [1.54, 1.807) is 17.1 Å². The molecule has 3 nitrogen and oxygen atoms in total. The summed E-state index contributed by atoms with van der Waals surface area (Å²) < 4.78 is 1.64. The number of nitrogens with zero attached hydrogens (tertiary/aromatic N) is 2. The summed E-state index contributed by atoms with van der Waals surface area (Å²) in [6.07, 6.45) is 5.56. The molecule has 0 aromatic carbocycles. The highest BCUT2D eigenvalue weighted by molar-refractivity contribution is 5.83. The van der Waals surface area contributed by atoms with Crippen molar-refractivity contribution in [1.82, 2.24) is 9.66 Å². The summed E-state index contributed by atoms with van der Waals surface area (Å²) in [7, 11) is 0. The van der Waals surface area contributed by atoms with E-state index in [1.807, 2.05) is 12.3 Å². The van der Waals surface area contributed by atoms with Crippen molar-refractivity contribution < 1.29 is 0 Å². The Labute approximate surface area is 77.2 Å². The molecule has 2 aromatic rings. The van der Waals surface area contributed by atoms with Gasteiger partial charge in [-0.15, -0.1) is 0 Å². The maximum Gasteiger partial charge on any atom is 0.0876 e. The van der Waals surface area contributed by atoms with Crippen molar-refractivity contribution in [2.24, 2.45) is 0 Å². The van der Waals surface area contributed by atoms with Gasteiger partial charge in [-0.05, 0) is 17.5 Å². The number of fused-ring (bicyclic) bond motifs is 1. The van der Waals surface area contributed by atoms with E-state index in [4.69, 9.17) is 5.84 Å². The van der Waals surface area contributed by atoms with Gasteiger partial charge in [-0.25, -0.2) is 0 Å². The Morgan fingerprint density at radius 2 is 2.23 bits per heavy atom. The van der Waals surface area contributed by atoms with Crippen LogP contribution in [0.4, 0.5) is 0 Å². The molecule has 3 heteroatoms. The van der Waals surface area contributed by atoms with Crippen LogP contribution >= 0.6 is 0 Å². The van der Waals surface area contributed by atoms with Crippen LogP contribution in [0, 0.1) is 0 Å². The van der Waals surface area contributed by atoms with Crippen molar-refractivity contribution in [2.75, 3.05) is 5.84 Å². The molecule has 0 amide bonds. The Morgan fingerprint density at radius 3 is 2.92 bits per heavy atom. The van der Waals surface area contributed by atoms with Gasteiger partial charge < -0.3 is 5.84 Å². The zero-order valence-corrected chi connectivity index (χ0v) is 7.86. The van der Waals surface area contributed by atoms with E-state index < -0.39 is 0 Å². The van der Waals surface area contributed by atoms with Crippen LogP contribution in [0.2, 0.25) is 0 Å². The van der Waals surface area contributed by atoms with Crippen LogP contribution in [0.1, 0.15) is 25.3 Å². The Morgan fingerprint density at radius 1 is 1.46 bits per heavy atom. The van der Waals surface area contributed by atoms with Gasteiger partial charge in [0, 0.05) is 17.8 Å². The lowest BCUT2D eigenvalue weighted by atomic mass is 10.0. The molecule has 2 aromatic heterocycles. The summed E-state index contributed by atoms with van der Waals surface area (Å²) >= 11 is 0. The molecule has 0 spiro atoms. The van der Waals surface area contributed by atoms with Crippen LogP contribution in [0.25, 0.3) is 10.9 Å². The van der Waals surface area contributed by atoms with Crippen molar-refractivity contribution in [2.45, 2.75) is 19.8 Å². The van der Waals surface area contributed by atoms with Gasteiger partial charge in [-0.1, -0.05) is 13.8 Å². The van der Waals surface area contributed by atoms with Crippen LogP contribution < -0.4 is 5.84 Å². The molecular weight excluding hydrogens is 162 g/mol. The lowest BCUT2D eigenvalue weighted by molar-refractivity contribution is 0.866. The molecule has 0 saturated heterocycles. The average Bonchev–Trinajstić information content (AvgIpc) is 2.45. The topological polar surface area (TPSA) is 43.8 Å². The van der Waals surface area contributed by atoms with Crippen molar-refractivity contribution in [3.63, 3.8) is 0 Å². The number of rotatable bonds is 1. The van der Waals surface area contributed by atoms with Crippen LogP contribution in [-0.4, -0.2) is 9.66 Å². The SMILES string of the molecule is CC(C)c1cn(N)c2cnccc12. The second-order valence-corrected chi connectivity index (χ2v) is 3.54. The minimum absolute atomic E-state index is 0.495. The third-order valence-corrected chi connectivity index (χ3v) is 2.29. The minimum atomic E-state index is 0.495. The molecule has 13 heavy (non-hydrogen) atoms. The summed E-state index contributed by atoms with van der Waals surface area (Å²) in [6.45, 7) is 4.32. The molecule has 2 N–H and O–H groups in total. The average molecular weight is 175 g/mol. The van der Waals surface area contributed by atoms with E-state index in [2.05, 4.69) is 18.8 Å². The maximum atomic E-state index is 5.79. The first-order valence-electron chi connectivity index (χ1n) is 4.40. The summed E-state index contributed by atoms with van der Waals surface area (Å²) in [5.41, 5.74) is 2.27. The standard InChI is InChI=1S/C10H13N3/c1-7(2)9-6-13(11)10-5-12-4-3-8(9)10/h3-7H,11H2,1-2H3. The van der Waals surface area contributed by atoms with Crippen LogP contribution in [0.5, 0.6) is 0 Å². The lowest BCUT2D eigenvalue weighted by Gasteiger charge is -2.00. The Hall–Kier alpha value is -1.51. The van der Waals surface area contributed by atoms with Crippen molar-refractivity contribution >= 4 is 10.9 Å². The van der Waals surface area contributed by atoms with Gasteiger partial charge in [0.1, 0.15) is 0 Å². The predicted octanol–water partition coefficient (Wildman–Crippen LogP) is 1.87. The summed E-state index contributed by atoms with van der Waals surface area (Å²) in [6, 6.07) is 2.01. The molecule has 2 rings (SSSR count). The number of nitrogens with two attached hydrogens (primary N) is 1. The highest BCUT2D eigenvalue weighted by Gasteiger charge is 2.08. The van der Waals surface area contributed by atoms with Gasteiger partial charge >= 0.3 is 0 Å². The van der Waals surface area contributed by atoms with Gasteiger partial charge in [0.05, 0.1) is 11.7 Å². The summed E-state index contributed by atoms with van der Waals surface area (Å²) in [4.78, 5) is 4.05. The van der Waals surface area contributed by atoms with E-state index in [0.29, 0.717) is 5.92 Å². The number of nitrogen functional groups attached to an aromatic ring is 1. The normalized spacial score (nSPS) is 11.3. The highest BCUT2D eigenvalue weighted by Crippen LogP contribution is 2.24. The van der Waals surface area contributed by atoms with Crippen molar-refractivity contribution in [3.05, 3.63) is 30.2 Å². The molecular formula is C10H13N3. The highest BCUT2D eigenvalue weighted by atomic mass is 15.3. The van der Waals surface area contributed by atoms with Crippen LogP contribution in [0.3, 0.4) is 0 Å². The molecule has 0 aliphatic carbocycles. The van der Waals surface area contributed by atoms with Gasteiger partial charge in [-0.2, -0.15) is 0 Å². The second kappa shape index (κ2) is 2.76. The second-order valence-electron chi connectivity index (χ2n) is 3.54. The Bertz CT molecular complexity index is 429. The van der Waals surface area contributed by atoms with Crippen molar-refractivity contribution in [1.29, 1.82) is 0 Å². The fraction of sp³-hybridized carbons (Fsp3) is 0.300. The molecule has 0 aliphatic rings. The summed E-state index contributed by atoms with van der Waals surface area (Å²) in [5.74, 6) is 6.29. The molecule has 2 heterocycles. The van der Waals surface area contributed by atoms with Crippen molar-refractivity contribution in [3.8, 4) is 0 Å². The smallest absolute Gasteiger partial charge is 0.0876 e. The fourth-order valence-electron chi connectivity index (χ4n) is 1.58. The quantitative estimate of drug-likeness (QED) is 0.672. The number of hydrogen-bond acceptors (Lipinski definition) is 2. The zero-order valence-electron chi connectivity index (χ0n) is 7.86. The molecule has 0 unspecified atom stereocenters. The predicted molar refractivity (Wildman–Crippen MR) is 54.0 cm³/mol. The third-order valence-electron chi connectivity index (χ3n) is 2.29. The van der Waals surface area contributed by atoms with E-state index in [1.165, 1.54) is 10.9 Å². The zero-order chi connectivity index (χ0) is 9.42. The number of hydrogen-bond donors (Lipinski definition) is 1. The Balaban J connectivity index is 2.78. The first-order chi connectivity index (χ1) is 6.20.